The van der Waals surface area contributed by atoms with E-state index in [1.807, 2.05) is 54.6 Å². The normalized spacial score (nSPS) is 10.6. The van der Waals surface area contributed by atoms with Gasteiger partial charge < -0.3 is 14.8 Å². The molecule has 27 heavy (non-hydrogen) atoms. The van der Waals surface area contributed by atoms with Crippen LogP contribution in [0, 0.1) is 0 Å². The number of pyridine rings is 1. The maximum Gasteiger partial charge on any atom is 0.249 e. The SMILES string of the molecule is COc1cccnc1NC(=O)/C=C/c1ccc(OCc2ccccc2)cc1. The van der Waals surface area contributed by atoms with Crippen LogP contribution < -0.4 is 14.8 Å². The molecule has 0 saturated carbocycles. The molecular weight excluding hydrogens is 340 g/mol. The van der Waals surface area contributed by atoms with Crippen molar-refractivity contribution in [2.45, 2.75) is 6.61 Å². The lowest BCUT2D eigenvalue weighted by atomic mass is 10.2. The Kier molecular flexibility index (Phi) is 6.20. The number of nitrogens with zero attached hydrogens (tertiary/aromatic N) is 1. The third-order valence-electron chi connectivity index (χ3n) is 3.79. The smallest absolute Gasteiger partial charge is 0.249 e. The Morgan fingerprint density at radius 2 is 1.81 bits per heavy atom. The van der Waals surface area contributed by atoms with Crippen molar-refractivity contribution in [2.75, 3.05) is 12.4 Å². The lowest BCUT2D eigenvalue weighted by molar-refractivity contribution is -0.111. The zero-order valence-corrected chi connectivity index (χ0v) is 15.0. The van der Waals surface area contributed by atoms with Gasteiger partial charge in [-0.2, -0.15) is 0 Å². The molecule has 3 rings (SSSR count). The van der Waals surface area contributed by atoms with E-state index in [4.69, 9.17) is 9.47 Å². The number of hydrogen-bond donors (Lipinski definition) is 1. The highest BCUT2D eigenvalue weighted by Gasteiger charge is 2.05. The molecule has 0 saturated heterocycles. The van der Waals surface area contributed by atoms with Gasteiger partial charge in [-0.15, -0.1) is 0 Å². The fraction of sp³-hybridized carbons (Fsp3) is 0.0909. The first-order chi connectivity index (χ1) is 13.2. The van der Waals surface area contributed by atoms with Crippen LogP contribution in [0.4, 0.5) is 5.82 Å². The molecule has 0 spiro atoms. The minimum absolute atomic E-state index is 0.281. The Bertz CT molecular complexity index is 906. The summed E-state index contributed by atoms with van der Waals surface area (Å²) in [6.45, 7) is 0.518. The van der Waals surface area contributed by atoms with E-state index in [2.05, 4.69) is 10.3 Å². The van der Waals surface area contributed by atoms with Crippen LogP contribution in [-0.2, 0) is 11.4 Å². The minimum Gasteiger partial charge on any atom is -0.493 e. The van der Waals surface area contributed by atoms with E-state index in [0.29, 0.717) is 18.2 Å². The Balaban J connectivity index is 1.55. The molecule has 5 nitrogen and oxygen atoms in total. The predicted octanol–water partition coefficient (Wildman–Crippen LogP) is 4.32. The largest absolute Gasteiger partial charge is 0.493 e. The van der Waals surface area contributed by atoms with Crippen molar-refractivity contribution in [2.24, 2.45) is 0 Å². The maximum absolute atomic E-state index is 12.1. The van der Waals surface area contributed by atoms with Crippen LogP contribution in [-0.4, -0.2) is 18.0 Å². The van der Waals surface area contributed by atoms with E-state index in [1.54, 1.807) is 24.4 Å². The number of methoxy groups -OCH3 is 1. The zero-order valence-electron chi connectivity index (χ0n) is 15.0. The molecule has 0 aliphatic carbocycles. The number of nitrogens with one attached hydrogen (secondary N) is 1. The van der Waals surface area contributed by atoms with Gasteiger partial charge in [-0.05, 0) is 41.5 Å². The summed E-state index contributed by atoms with van der Waals surface area (Å²) < 4.78 is 10.9. The second kappa shape index (κ2) is 9.20. The van der Waals surface area contributed by atoms with Crippen LogP contribution in [0.15, 0.2) is 79.0 Å². The maximum atomic E-state index is 12.1. The summed E-state index contributed by atoms with van der Waals surface area (Å²) in [4.78, 5) is 16.2. The number of rotatable bonds is 7. The molecule has 1 N–H and O–H groups in total. The van der Waals surface area contributed by atoms with Crippen LogP contribution in [0.5, 0.6) is 11.5 Å². The Morgan fingerprint density at radius 1 is 1.04 bits per heavy atom. The molecule has 0 aliphatic heterocycles. The van der Waals surface area contributed by atoms with Gasteiger partial charge in [0.05, 0.1) is 7.11 Å². The summed E-state index contributed by atoms with van der Waals surface area (Å²) in [6.07, 6.45) is 4.77. The van der Waals surface area contributed by atoms with E-state index in [-0.39, 0.29) is 5.91 Å². The molecule has 5 heteroatoms. The van der Waals surface area contributed by atoms with Crippen LogP contribution in [0.1, 0.15) is 11.1 Å². The molecule has 136 valence electrons. The number of hydrogen-bond acceptors (Lipinski definition) is 4. The monoisotopic (exact) mass is 360 g/mol. The molecule has 0 unspecified atom stereocenters. The van der Waals surface area contributed by atoms with Gasteiger partial charge in [0, 0.05) is 12.3 Å². The van der Waals surface area contributed by atoms with E-state index in [1.165, 1.54) is 13.2 Å². The second-order valence-electron chi connectivity index (χ2n) is 5.72. The molecule has 3 aromatic rings. The first-order valence-corrected chi connectivity index (χ1v) is 8.49. The number of ether oxygens (including phenoxy) is 2. The van der Waals surface area contributed by atoms with Crippen molar-refractivity contribution in [3.63, 3.8) is 0 Å². The first-order valence-electron chi connectivity index (χ1n) is 8.49. The number of benzene rings is 2. The summed E-state index contributed by atoms with van der Waals surface area (Å²) in [6, 6.07) is 21.0. The van der Waals surface area contributed by atoms with E-state index in [9.17, 15) is 4.79 Å². The topological polar surface area (TPSA) is 60.5 Å². The quantitative estimate of drug-likeness (QED) is 0.638. The first kappa shape index (κ1) is 18.2. The zero-order chi connectivity index (χ0) is 18.9. The summed E-state index contributed by atoms with van der Waals surface area (Å²) in [7, 11) is 1.53. The van der Waals surface area contributed by atoms with Gasteiger partial charge in [-0.25, -0.2) is 4.98 Å². The molecule has 1 aromatic heterocycles. The van der Waals surface area contributed by atoms with Crippen molar-refractivity contribution < 1.29 is 14.3 Å². The highest BCUT2D eigenvalue weighted by atomic mass is 16.5. The third-order valence-corrected chi connectivity index (χ3v) is 3.79. The van der Waals surface area contributed by atoms with Crippen LogP contribution in [0.2, 0.25) is 0 Å². The van der Waals surface area contributed by atoms with Crippen LogP contribution in [0.3, 0.4) is 0 Å². The summed E-state index contributed by atoms with van der Waals surface area (Å²) >= 11 is 0. The van der Waals surface area contributed by atoms with Crippen molar-refractivity contribution in [1.82, 2.24) is 4.98 Å². The summed E-state index contributed by atoms with van der Waals surface area (Å²) in [5, 5.41) is 2.70. The van der Waals surface area contributed by atoms with Crippen molar-refractivity contribution in [3.05, 3.63) is 90.1 Å². The third kappa shape index (κ3) is 5.44. The van der Waals surface area contributed by atoms with Gasteiger partial charge in [0.1, 0.15) is 12.4 Å². The lowest BCUT2D eigenvalue weighted by Crippen LogP contribution is -2.10. The molecular formula is C22H20N2O3. The highest BCUT2D eigenvalue weighted by molar-refractivity contribution is 6.02. The number of carbonyl (C=O) groups excluding carboxylic acids is 1. The standard InChI is InChI=1S/C22H20N2O3/c1-26-20-8-5-15-23-22(20)24-21(25)14-11-17-9-12-19(13-10-17)27-16-18-6-3-2-4-7-18/h2-15H,16H2,1H3,(H,23,24,25)/b14-11+. The number of carbonyl (C=O) groups is 1. The van der Waals surface area contributed by atoms with Crippen molar-refractivity contribution in [3.8, 4) is 11.5 Å². The van der Waals surface area contributed by atoms with E-state index in [0.717, 1.165) is 16.9 Å². The molecule has 1 heterocycles. The van der Waals surface area contributed by atoms with E-state index >= 15 is 0 Å². The number of aromatic nitrogens is 1. The average molecular weight is 360 g/mol. The van der Waals surface area contributed by atoms with Crippen molar-refractivity contribution >= 4 is 17.8 Å². The Morgan fingerprint density at radius 3 is 2.56 bits per heavy atom. The molecule has 0 fully saturated rings. The summed E-state index contributed by atoms with van der Waals surface area (Å²) in [5.41, 5.74) is 2.01. The van der Waals surface area contributed by atoms with Gasteiger partial charge >= 0.3 is 0 Å². The predicted molar refractivity (Wildman–Crippen MR) is 106 cm³/mol. The van der Waals surface area contributed by atoms with Crippen LogP contribution in [0.25, 0.3) is 6.08 Å². The number of amides is 1. The average Bonchev–Trinajstić information content (AvgIpc) is 2.72. The van der Waals surface area contributed by atoms with Crippen LogP contribution >= 0.6 is 0 Å². The number of anilines is 1. The van der Waals surface area contributed by atoms with Gasteiger partial charge in [0.25, 0.3) is 0 Å². The lowest BCUT2D eigenvalue weighted by Gasteiger charge is -2.07. The summed E-state index contributed by atoms with van der Waals surface area (Å²) in [5.74, 6) is 1.40. The fourth-order valence-corrected chi connectivity index (χ4v) is 2.40. The second-order valence-corrected chi connectivity index (χ2v) is 5.72. The Hall–Kier alpha value is -3.60. The van der Waals surface area contributed by atoms with E-state index < -0.39 is 0 Å². The molecule has 0 bridgehead atoms. The fourth-order valence-electron chi connectivity index (χ4n) is 2.40. The molecule has 0 atom stereocenters. The molecule has 2 aromatic carbocycles. The molecule has 1 amide bonds. The van der Waals surface area contributed by atoms with Gasteiger partial charge in [-0.1, -0.05) is 42.5 Å². The van der Waals surface area contributed by atoms with Gasteiger partial charge in [-0.3, -0.25) is 4.79 Å². The highest BCUT2D eigenvalue weighted by Crippen LogP contribution is 2.20. The minimum atomic E-state index is -0.281. The molecule has 0 aliphatic rings. The van der Waals surface area contributed by atoms with Gasteiger partial charge in [0.2, 0.25) is 5.91 Å². The molecule has 0 radical (unpaired) electrons. The Labute approximate surface area is 158 Å². The van der Waals surface area contributed by atoms with Gasteiger partial charge in [0.15, 0.2) is 11.6 Å². The van der Waals surface area contributed by atoms with Crippen molar-refractivity contribution in [1.29, 1.82) is 0 Å².